The van der Waals surface area contributed by atoms with Gasteiger partial charge < -0.3 is 15.6 Å². The first kappa shape index (κ1) is 24.8. The van der Waals surface area contributed by atoms with E-state index in [1.54, 1.807) is 11.8 Å². The molecular weight excluding hydrogens is 531 g/mol. The topological polar surface area (TPSA) is 104 Å². The number of benzene rings is 2. The highest BCUT2D eigenvalue weighted by Gasteiger charge is 2.33. The number of nitrogens with one attached hydrogen (secondary N) is 2. The number of aromatic nitrogens is 5. The summed E-state index contributed by atoms with van der Waals surface area (Å²) in [7, 11) is -1.62. The van der Waals surface area contributed by atoms with Crippen molar-refractivity contribution >= 4 is 58.2 Å². The number of nitrogen functional groups attached to an aromatic ring is 1. The summed E-state index contributed by atoms with van der Waals surface area (Å²) in [5, 5.41) is 10.9. The first-order valence-corrected chi connectivity index (χ1v) is 13.1. The van der Waals surface area contributed by atoms with E-state index in [1.165, 1.54) is 6.26 Å². The maximum atomic E-state index is 13.1. The molecule has 0 fully saturated rings. The number of rotatable bonds is 5. The number of anilines is 1. The smallest absolute Gasteiger partial charge is 0.416 e. The molecule has 0 spiro atoms. The molecule has 4 aromatic rings. The van der Waals surface area contributed by atoms with Crippen molar-refractivity contribution in [3.05, 3.63) is 52.0 Å². The van der Waals surface area contributed by atoms with Crippen LogP contribution in [0.25, 0.3) is 22.7 Å². The summed E-state index contributed by atoms with van der Waals surface area (Å²) in [6.45, 7) is -0.381. The summed E-state index contributed by atoms with van der Waals surface area (Å²) in [6.07, 6.45) is -1.26. The fourth-order valence-corrected chi connectivity index (χ4v) is 5.21. The van der Waals surface area contributed by atoms with Gasteiger partial charge in [-0.15, -0.1) is 11.8 Å². The number of H-pyrrole nitrogens is 2. The number of hydrogen-bond donors (Lipinski definition) is 2. The molecule has 0 bridgehead atoms. The minimum atomic E-state index is -4.64. The van der Waals surface area contributed by atoms with Gasteiger partial charge in [0.1, 0.15) is 16.4 Å². The quantitative estimate of drug-likeness (QED) is 0.360. The summed E-state index contributed by atoms with van der Waals surface area (Å²) < 4.78 is 53.0. The van der Waals surface area contributed by atoms with Gasteiger partial charge in [0.05, 0.1) is 26.4 Å². The minimum absolute atomic E-state index is 0.0671. The van der Waals surface area contributed by atoms with Crippen molar-refractivity contribution in [1.82, 2.24) is 19.9 Å². The SMILES string of the molecule is CSc1ccc(-[b-]2[nH]nc(-c3nn(-c4c(Cl)cc(C(F)(F)F)cc4Cl)c(N)c3S(C)=O)[nH+]2)cc1. The van der Waals surface area contributed by atoms with Gasteiger partial charge in [-0.3, -0.25) is 4.21 Å². The third-order valence-electron chi connectivity index (χ3n) is 4.98. The summed E-state index contributed by atoms with van der Waals surface area (Å²) in [5.41, 5.74) is 6.18. The van der Waals surface area contributed by atoms with Gasteiger partial charge in [0.2, 0.25) is 0 Å². The van der Waals surface area contributed by atoms with Crippen LogP contribution in [0.2, 0.25) is 10.0 Å². The van der Waals surface area contributed by atoms with Crippen LogP contribution in [0.1, 0.15) is 5.56 Å². The van der Waals surface area contributed by atoms with E-state index >= 15 is 0 Å². The van der Waals surface area contributed by atoms with Gasteiger partial charge in [0.15, 0.2) is 5.69 Å². The van der Waals surface area contributed by atoms with E-state index in [0.29, 0.717) is 0 Å². The van der Waals surface area contributed by atoms with E-state index in [0.717, 1.165) is 27.2 Å². The Morgan fingerprint density at radius 2 is 1.82 bits per heavy atom. The van der Waals surface area contributed by atoms with Crippen molar-refractivity contribution in [2.75, 3.05) is 18.2 Å². The number of alkyl halides is 3. The molecule has 2 aromatic carbocycles. The van der Waals surface area contributed by atoms with Crippen LogP contribution in [-0.2, 0) is 17.0 Å². The molecule has 0 radical (unpaired) electrons. The number of hydrogen-bond acceptors (Lipinski definition) is 5. The predicted octanol–water partition coefficient (Wildman–Crippen LogP) is 4.46. The molecule has 0 aliphatic carbocycles. The molecular formula is C19H16BCl2F3N6OS2. The molecule has 1 unspecified atom stereocenters. The fourth-order valence-electron chi connectivity index (χ4n) is 3.36. The average molecular weight is 547 g/mol. The van der Waals surface area contributed by atoms with Crippen LogP contribution in [0, 0.1) is 0 Å². The molecule has 2 heterocycles. The standard InChI is InChI=1S/C19H16BCl2F3N6OS2/c1-33-11-5-3-10(4-6-11)20-27-18(28-30-20)14-16(34(2)32)17(26)31(29-14)15-12(21)7-9(8-13(15)22)19(23,24)25/h3-8,27,30H,26H2,1-2H3. The number of aromatic amines is 2. The van der Waals surface area contributed by atoms with E-state index < -0.39 is 22.5 Å². The van der Waals surface area contributed by atoms with Crippen molar-refractivity contribution in [1.29, 1.82) is 0 Å². The molecule has 4 rings (SSSR count). The lowest BCUT2D eigenvalue weighted by Gasteiger charge is -2.13. The van der Waals surface area contributed by atoms with Crippen LogP contribution >= 0.6 is 35.0 Å². The summed E-state index contributed by atoms with van der Waals surface area (Å²) >= 11 is 13.9. The van der Waals surface area contributed by atoms with Crippen LogP contribution in [0.4, 0.5) is 19.0 Å². The summed E-state index contributed by atoms with van der Waals surface area (Å²) in [6, 6.07) is 9.26. The van der Waals surface area contributed by atoms with Gasteiger partial charge in [0, 0.05) is 11.2 Å². The fraction of sp³-hybridized carbons (Fsp3) is 0.158. The molecule has 0 aliphatic rings. The molecule has 7 nitrogen and oxygen atoms in total. The lowest BCUT2D eigenvalue weighted by atomic mass is 9.80. The molecule has 0 saturated carbocycles. The van der Waals surface area contributed by atoms with Gasteiger partial charge in [-0.25, -0.2) is 4.68 Å². The highest BCUT2D eigenvalue weighted by Crippen LogP contribution is 2.39. The zero-order valence-electron chi connectivity index (χ0n) is 17.6. The normalized spacial score (nSPS) is 12.8. The van der Waals surface area contributed by atoms with Gasteiger partial charge in [0.25, 0.3) is 12.5 Å². The van der Waals surface area contributed by atoms with Gasteiger partial charge in [-0.2, -0.15) is 23.7 Å². The lowest BCUT2D eigenvalue weighted by molar-refractivity contribution is -0.298. The van der Waals surface area contributed by atoms with E-state index in [-0.39, 0.29) is 44.6 Å². The second-order valence-corrected chi connectivity index (χ2v) is 10.2. The Morgan fingerprint density at radius 1 is 1.21 bits per heavy atom. The molecule has 0 aliphatic heterocycles. The second kappa shape index (κ2) is 9.36. The van der Waals surface area contributed by atoms with Gasteiger partial charge in [-0.1, -0.05) is 47.5 Å². The van der Waals surface area contributed by atoms with E-state index in [2.05, 4.69) is 20.1 Å². The summed E-state index contributed by atoms with van der Waals surface area (Å²) in [4.78, 5) is 4.40. The average Bonchev–Trinajstić information content (AvgIpc) is 3.38. The van der Waals surface area contributed by atoms with Gasteiger partial charge in [-0.05, 0) is 23.5 Å². The highest BCUT2D eigenvalue weighted by molar-refractivity contribution is 7.98. The van der Waals surface area contributed by atoms with E-state index in [9.17, 15) is 17.4 Å². The van der Waals surface area contributed by atoms with Crippen LogP contribution in [0.5, 0.6) is 0 Å². The van der Waals surface area contributed by atoms with Crippen molar-refractivity contribution in [2.24, 2.45) is 0 Å². The molecule has 178 valence electrons. The Bertz CT molecular complexity index is 1390. The molecule has 0 saturated heterocycles. The first-order valence-electron chi connectivity index (χ1n) is 9.54. The van der Waals surface area contributed by atoms with Crippen molar-refractivity contribution in [2.45, 2.75) is 16.0 Å². The Kier molecular flexibility index (Phi) is 6.82. The van der Waals surface area contributed by atoms with E-state index in [4.69, 9.17) is 28.9 Å². The monoisotopic (exact) mass is 546 g/mol. The number of thioether (sulfide) groups is 1. The van der Waals surface area contributed by atoms with Crippen LogP contribution in [0.3, 0.4) is 0 Å². The maximum Gasteiger partial charge on any atom is 0.416 e. The highest BCUT2D eigenvalue weighted by atomic mass is 35.5. The largest absolute Gasteiger partial charge is 0.462 e. The Labute approximate surface area is 208 Å². The Morgan fingerprint density at radius 3 is 2.35 bits per heavy atom. The molecule has 4 N–H and O–H groups in total. The third-order valence-corrected chi connectivity index (χ3v) is 7.28. The molecule has 0 amide bonds. The Hall–Kier alpha value is -2.35. The minimum Gasteiger partial charge on any atom is -0.462 e. The summed E-state index contributed by atoms with van der Waals surface area (Å²) in [5.74, 6) is 0.172. The first-order chi connectivity index (χ1) is 16.0. The number of nitrogens with zero attached hydrogens (tertiary/aromatic N) is 3. The maximum absolute atomic E-state index is 13.1. The van der Waals surface area contributed by atoms with Crippen molar-refractivity contribution in [3.63, 3.8) is 0 Å². The third kappa shape index (κ3) is 4.61. The molecule has 1 atom stereocenters. The second-order valence-electron chi connectivity index (χ2n) is 7.16. The van der Waals surface area contributed by atoms with Crippen LogP contribution in [-0.4, -0.2) is 43.2 Å². The zero-order valence-corrected chi connectivity index (χ0v) is 20.7. The molecule has 2 aromatic heterocycles. The number of nitrogens with two attached hydrogens (primary N) is 1. The molecule has 34 heavy (non-hydrogen) atoms. The van der Waals surface area contributed by atoms with Crippen molar-refractivity contribution in [3.8, 4) is 22.7 Å². The van der Waals surface area contributed by atoms with Crippen molar-refractivity contribution < 1.29 is 22.3 Å². The zero-order chi connectivity index (χ0) is 24.8. The van der Waals surface area contributed by atoms with Crippen LogP contribution in [0.15, 0.2) is 46.2 Å². The lowest BCUT2D eigenvalue weighted by Crippen LogP contribution is -2.21. The Balaban J connectivity index is 1.83. The molecule has 15 heteroatoms. The predicted molar refractivity (Wildman–Crippen MR) is 129 cm³/mol. The number of halogens is 5. The van der Waals surface area contributed by atoms with Crippen LogP contribution < -0.4 is 10.6 Å². The van der Waals surface area contributed by atoms with E-state index in [1.807, 2.05) is 30.5 Å². The van der Waals surface area contributed by atoms with Gasteiger partial charge >= 0.3 is 6.18 Å².